The second kappa shape index (κ2) is 7.52. The van der Waals surface area contributed by atoms with Crippen molar-refractivity contribution in [2.75, 3.05) is 25.0 Å². The van der Waals surface area contributed by atoms with Crippen LogP contribution >= 0.6 is 0 Å². The summed E-state index contributed by atoms with van der Waals surface area (Å²) >= 11 is 0. The molecule has 3 heterocycles. The van der Waals surface area contributed by atoms with Crippen LogP contribution in [-0.2, 0) is 12.0 Å². The Labute approximate surface area is 175 Å². The molecule has 5 rings (SSSR count). The van der Waals surface area contributed by atoms with Gasteiger partial charge in [-0.2, -0.15) is 0 Å². The van der Waals surface area contributed by atoms with Crippen LogP contribution in [-0.4, -0.2) is 35.1 Å². The third-order valence-corrected chi connectivity index (χ3v) is 6.27. The number of carbonyl (C=O) groups excluding carboxylic acids is 1. The highest BCUT2D eigenvalue weighted by Gasteiger charge is 2.42. The van der Waals surface area contributed by atoms with E-state index in [4.69, 9.17) is 0 Å². The number of hydrogen-bond donors (Lipinski definition) is 2. The van der Waals surface area contributed by atoms with Gasteiger partial charge in [0.15, 0.2) is 0 Å². The standard InChI is InChI=1S/C24H25FN4O/c25-19-8-9-21-20(17-19)27-24(22-7-4-14-29(21)22)11-15-28(16-12-24)23(30)26-13-10-18-5-2-1-3-6-18/h1-9,14,17,27H,10-13,15-16H2,(H,26,30). The molecule has 2 aliphatic heterocycles. The van der Waals surface area contributed by atoms with Crippen LogP contribution in [0.4, 0.5) is 14.9 Å². The van der Waals surface area contributed by atoms with E-state index in [1.165, 1.54) is 17.3 Å². The van der Waals surface area contributed by atoms with E-state index in [1.54, 1.807) is 6.07 Å². The minimum atomic E-state index is -0.287. The lowest BCUT2D eigenvalue weighted by molar-refractivity contribution is 0.163. The average molecular weight is 404 g/mol. The third-order valence-electron chi connectivity index (χ3n) is 6.27. The van der Waals surface area contributed by atoms with Crippen LogP contribution in [0.1, 0.15) is 24.1 Å². The smallest absolute Gasteiger partial charge is 0.317 e. The number of piperidine rings is 1. The van der Waals surface area contributed by atoms with Gasteiger partial charge in [-0.05, 0) is 55.2 Å². The normalized spacial score (nSPS) is 16.5. The van der Waals surface area contributed by atoms with Crippen LogP contribution in [0.5, 0.6) is 0 Å². The van der Waals surface area contributed by atoms with Gasteiger partial charge in [-0.3, -0.25) is 0 Å². The van der Waals surface area contributed by atoms with Crippen molar-refractivity contribution in [2.45, 2.75) is 24.8 Å². The quantitative estimate of drug-likeness (QED) is 0.684. The SMILES string of the molecule is O=C(NCCc1ccccc1)N1CCC2(CC1)Nc1cc(F)ccc1-n1cccc12. The molecule has 0 aliphatic carbocycles. The Hall–Kier alpha value is -3.28. The summed E-state index contributed by atoms with van der Waals surface area (Å²) in [7, 11) is 0. The maximum atomic E-state index is 13.9. The molecule has 0 bridgehead atoms. The van der Waals surface area contributed by atoms with Gasteiger partial charge in [0.1, 0.15) is 5.82 Å². The minimum absolute atomic E-state index is 0.0154. The number of urea groups is 1. The fourth-order valence-electron chi connectivity index (χ4n) is 4.66. The van der Waals surface area contributed by atoms with E-state index in [1.807, 2.05) is 41.4 Å². The van der Waals surface area contributed by atoms with E-state index in [2.05, 4.69) is 33.4 Å². The summed E-state index contributed by atoms with van der Waals surface area (Å²) in [6, 6.07) is 19.2. The monoisotopic (exact) mass is 404 g/mol. The molecule has 0 radical (unpaired) electrons. The largest absolute Gasteiger partial charge is 0.372 e. The summed E-state index contributed by atoms with van der Waals surface area (Å²) < 4.78 is 16.0. The van der Waals surface area contributed by atoms with Gasteiger partial charge in [-0.15, -0.1) is 0 Å². The molecule has 1 saturated heterocycles. The number of aromatic nitrogens is 1. The molecular formula is C24H25FN4O. The van der Waals surface area contributed by atoms with Gasteiger partial charge in [0.05, 0.1) is 16.9 Å². The maximum absolute atomic E-state index is 13.9. The van der Waals surface area contributed by atoms with Gasteiger partial charge < -0.3 is 20.1 Å². The van der Waals surface area contributed by atoms with Crippen LogP contribution in [0.15, 0.2) is 66.9 Å². The van der Waals surface area contributed by atoms with Gasteiger partial charge in [-0.1, -0.05) is 30.3 Å². The van der Waals surface area contributed by atoms with Crippen LogP contribution in [0.2, 0.25) is 0 Å². The fourth-order valence-corrected chi connectivity index (χ4v) is 4.66. The molecular weight excluding hydrogens is 379 g/mol. The number of likely N-dealkylation sites (tertiary alicyclic amines) is 1. The Morgan fingerprint density at radius 3 is 2.67 bits per heavy atom. The Morgan fingerprint density at radius 1 is 1.07 bits per heavy atom. The number of amides is 2. The molecule has 3 aromatic rings. The van der Waals surface area contributed by atoms with Crippen molar-refractivity contribution in [3.63, 3.8) is 0 Å². The summed E-state index contributed by atoms with van der Waals surface area (Å²) in [5.41, 5.74) is 3.87. The molecule has 1 aromatic heterocycles. The van der Waals surface area contributed by atoms with Crippen molar-refractivity contribution in [2.24, 2.45) is 0 Å². The average Bonchev–Trinajstić information content (AvgIpc) is 3.26. The van der Waals surface area contributed by atoms with Gasteiger partial charge in [0.25, 0.3) is 0 Å². The van der Waals surface area contributed by atoms with E-state index in [0.29, 0.717) is 19.6 Å². The highest BCUT2D eigenvalue weighted by atomic mass is 19.1. The zero-order valence-corrected chi connectivity index (χ0v) is 16.8. The number of hydrogen-bond acceptors (Lipinski definition) is 2. The highest BCUT2D eigenvalue weighted by molar-refractivity contribution is 5.74. The summed E-state index contributed by atoms with van der Waals surface area (Å²) in [5, 5.41) is 6.64. The van der Waals surface area contributed by atoms with Crippen molar-refractivity contribution >= 4 is 11.7 Å². The lowest BCUT2D eigenvalue weighted by Gasteiger charge is -2.46. The van der Waals surface area contributed by atoms with Gasteiger partial charge >= 0.3 is 6.03 Å². The Kier molecular flexibility index (Phi) is 4.69. The van der Waals surface area contributed by atoms with Crippen molar-refractivity contribution in [3.8, 4) is 5.69 Å². The maximum Gasteiger partial charge on any atom is 0.317 e. The van der Waals surface area contributed by atoms with Crippen molar-refractivity contribution in [1.82, 2.24) is 14.8 Å². The molecule has 0 unspecified atom stereocenters. The predicted molar refractivity (Wildman–Crippen MR) is 115 cm³/mol. The molecule has 0 atom stereocenters. The van der Waals surface area contributed by atoms with Crippen LogP contribution in [0.3, 0.4) is 0 Å². The first-order valence-electron chi connectivity index (χ1n) is 10.5. The molecule has 1 spiro atoms. The first kappa shape index (κ1) is 18.7. The number of carbonyl (C=O) groups is 1. The van der Waals surface area contributed by atoms with E-state index < -0.39 is 0 Å². The third kappa shape index (κ3) is 3.32. The first-order chi connectivity index (χ1) is 14.6. The number of benzene rings is 2. The second-order valence-corrected chi connectivity index (χ2v) is 8.09. The highest BCUT2D eigenvalue weighted by Crippen LogP contribution is 2.43. The first-order valence-corrected chi connectivity index (χ1v) is 10.5. The summed E-state index contributed by atoms with van der Waals surface area (Å²) in [6.45, 7) is 1.93. The molecule has 0 saturated carbocycles. The van der Waals surface area contributed by atoms with Gasteiger partial charge in [0, 0.05) is 31.5 Å². The minimum Gasteiger partial charge on any atom is -0.372 e. The molecule has 6 heteroatoms. The number of halogens is 1. The number of fused-ring (bicyclic) bond motifs is 4. The topological polar surface area (TPSA) is 49.3 Å². The Bertz CT molecular complexity index is 1050. The zero-order valence-electron chi connectivity index (χ0n) is 16.8. The summed E-state index contributed by atoms with van der Waals surface area (Å²) in [4.78, 5) is 14.5. The second-order valence-electron chi connectivity index (χ2n) is 8.09. The lowest BCUT2D eigenvalue weighted by Crippen LogP contribution is -2.53. The van der Waals surface area contributed by atoms with Gasteiger partial charge in [0.2, 0.25) is 0 Å². The lowest BCUT2D eigenvalue weighted by atomic mass is 9.82. The van der Waals surface area contributed by atoms with Crippen molar-refractivity contribution in [3.05, 3.63) is 83.9 Å². The number of nitrogens with zero attached hydrogens (tertiary/aromatic N) is 2. The van der Waals surface area contributed by atoms with Crippen molar-refractivity contribution in [1.29, 1.82) is 0 Å². The van der Waals surface area contributed by atoms with Crippen molar-refractivity contribution < 1.29 is 9.18 Å². The molecule has 154 valence electrons. The molecule has 2 aromatic carbocycles. The molecule has 2 N–H and O–H groups in total. The molecule has 30 heavy (non-hydrogen) atoms. The van der Waals surface area contributed by atoms with Gasteiger partial charge in [-0.25, -0.2) is 9.18 Å². The fraction of sp³-hybridized carbons (Fsp3) is 0.292. The Balaban J connectivity index is 1.25. The predicted octanol–water partition coefficient (Wildman–Crippen LogP) is 4.29. The summed E-state index contributed by atoms with van der Waals surface area (Å²) in [5.74, 6) is -0.248. The van der Waals surface area contributed by atoms with Crippen LogP contribution in [0.25, 0.3) is 5.69 Å². The molecule has 5 nitrogen and oxygen atoms in total. The number of rotatable bonds is 3. The van der Waals surface area contributed by atoms with Crippen LogP contribution in [0, 0.1) is 5.82 Å². The molecule has 2 amide bonds. The Morgan fingerprint density at radius 2 is 1.87 bits per heavy atom. The van der Waals surface area contributed by atoms with E-state index in [9.17, 15) is 9.18 Å². The van der Waals surface area contributed by atoms with Crippen LogP contribution < -0.4 is 10.6 Å². The van der Waals surface area contributed by atoms with E-state index >= 15 is 0 Å². The summed E-state index contributed by atoms with van der Waals surface area (Å²) in [6.07, 6.45) is 4.40. The number of nitrogens with one attached hydrogen (secondary N) is 2. The number of anilines is 1. The molecule has 1 fully saturated rings. The van der Waals surface area contributed by atoms with E-state index in [-0.39, 0.29) is 17.4 Å². The van der Waals surface area contributed by atoms with E-state index in [0.717, 1.165) is 30.6 Å². The zero-order chi connectivity index (χ0) is 20.6. The molecule has 2 aliphatic rings.